The zero-order valence-electron chi connectivity index (χ0n) is 7.81. The fourth-order valence-corrected chi connectivity index (χ4v) is 2.07. The van der Waals surface area contributed by atoms with Crippen LogP contribution >= 0.6 is 15.9 Å². The molecule has 2 atom stereocenters. The van der Waals surface area contributed by atoms with Crippen molar-refractivity contribution in [2.24, 2.45) is 0 Å². The molecule has 2 unspecified atom stereocenters. The summed E-state index contributed by atoms with van der Waals surface area (Å²) in [4.78, 5) is 0.432. The van der Waals surface area contributed by atoms with Crippen molar-refractivity contribution in [2.45, 2.75) is 50.4 Å². The predicted octanol–water partition coefficient (Wildman–Crippen LogP) is 2.79. The highest BCUT2D eigenvalue weighted by Gasteiger charge is 2.15. The minimum Gasteiger partial charge on any atom is -0.320 e. The molecule has 0 saturated heterocycles. The Bertz CT molecular complexity index is 142. The van der Waals surface area contributed by atoms with Gasteiger partial charge in [-0.25, -0.2) is 0 Å². The Labute approximate surface area is 83.5 Å². The Morgan fingerprint density at radius 3 is 2.33 bits per heavy atom. The summed E-state index contributed by atoms with van der Waals surface area (Å²) in [5.74, 6) is 0. The second kappa shape index (κ2) is 7.42. The standard InChI is InChI=1S/C9H17BrN2/c1-3-5-8(10)9(6-4-2)12-7-11/h8-9,12H,3-6H2,1-2H3. The molecule has 1 N–H and O–H groups in total. The summed E-state index contributed by atoms with van der Waals surface area (Å²) in [6.07, 6.45) is 6.47. The van der Waals surface area contributed by atoms with Crippen LogP contribution in [0.3, 0.4) is 0 Å². The first-order valence-electron chi connectivity index (χ1n) is 4.54. The second-order valence-corrected chi connectivity index (χ2v) is 4.13. The first-order valence-corrected chi connectivity index (χ1v) is 5.46. The van der Waals surface area contributed by atoms with Crippen LogP contribution in [-0.2, 0) is 0 Å². The number of nitriles is 1. The molecule has 3 heteroatoms. The van der Waals surface area contributed by atoms with Crippen molar-refractivity contribution in [3.8, 4) is 6.19 Å². The van der Waals surface area contributed by atoms with Gasteiger partial charge in [0.1, 0.15) is 0 Å². The zero-order chi connectivity index (χ0) is 9.40. The summed E-state index contributed by atoms with van der Waals surface area (Å²) < 4.78 is 0. The van der Waals surface area contributed by atoms with E-state index in [-0.39, 0.29) is 0 Å². The van der Waals surface area contributed by atoms with Gasteiger partial charge < -0.3 is 5.32 Å². The fourth-order valence-electron chi connectivity index (χ4n) is 1.21. The molecule has 0 heterocycles. The Morgan fingerprint density at radius 2 is 1.92 bits per heavy atom. The number of rotatable bonds is 6. The van der Waals surface area contributed by atoms with Gasteiger partial charge in [-0.05, 0) is 12.8 Å². The smallest absolute Gasteiger partial charge is 0.176 e. The van der Waals surface area contributed by atoms with Crippen LogP contribution in [0.1, 0.15) is 39.5 Å². The highest BCUT2D eigenvalue weighted by Crippen LogP contribution is 2.16. The second-order valence-electron chi connectivity index (χ2n) is 2.96. The van der Waals surface area contributed by atoms with Crippen LogP contribution in [-0.4, -0.2) is 10.9 Å². The number of nitrogens with one attached hydrogen (secondary N) is 1. The topological polar surface area (TPSA) is 35.8 Å². The Balaban J connectivity index is 3.82. The molecule has 0 aromatic heterocycles. The van der Waals surface area contributed by atoms with Gasteiger partial charge in [-0.15, -0.1) is 0 Å². The summed E-state index contributed by atoms with van der Waals surface area (Å²) in [7, 11) is 0. The van der Waals surface area contributed by atoms with Crippen molar-refractivity contribution in [3.63, 3.8) is 0 Å². The van der Waals surface area contributed by atoms with Crippen LogP contribution < -0.4 is 5.32 Å². The fraction of sp³-hybridized carbons (Fsp3) is 0.889. The van der Waals surface area contributed by atoms with Crippen molar-refractivity contribution in [3.05, 3.63) is 0 Å². The van der Waals surface area contributed by atoms with Gasteiger partial charge in [-0.3, -0.25) is 0 Å². The van der Waals surface area contributed by atoms with Crippen molar-refractivity contribution < 1.29 is 0 Å². The molecule has 0 aromatic rings. The van der Waals surface area contributed by atoms with E-state index >= 15 is 0 Å². The number of nitrogens with zero attached hydrogens (tertiary/aromatic N) is 1. The van der Waals surface area contributed by atoms with E-state index in [1.165, 1.54) is 0 Å². The van der Waals surface area contributed by atoms with Crippen molar-refractivity contribution in [2.75, 3.05) is 0 Å². The first kappa shape index (κ1) is 11.8. The van der Waals surface area contributed by atoms with Crippen LogP contribution in [0.15, 0.2) is 0 Å². The molecule has 0 aliphatic heterocycles. The average Bonchev–Trinajstić information content (AvgIpc) is 2.04. The lowest BCUT2D eigenvalue weighted by Gasteiger charge is -2.19. The molecule has 0 bridgehead atoms. The molecule has 0 fully saturated rings. The average molecular weight is 233 g/mol. The monoisotopic (exact) mass is 232 g/mol. The van der Waals surface area contributed by atoms with Crippen LogP contribution in [0.25, 0.3) is 0 Å². The Hall–Kier alpha value is -0.230. The zero-order valence-corrected chi connectivity index (χ0v) is 9.39. The third kappa shape index (κ3) is 4.61. The highest BCUT2D eigenvalue weighted by molar-refractivity contribution is 9.09. The SMILES string of the molecule is CCCC(Br)C(CCC)NC#N. The van der Waals surface area contributed by atoms with Crippen molar-refractivity contribution in [1.29, 1.82) is 5.26 Å². The van der Waals surface area contributed by atoms with Gasteiger partial charge in [0.25, 0.3) is 0 Å². The molecule has 0 aromatic carbocycles. The normalized spacial score (nSPS) is 14.8. The predicted molar refractivity (Wildman–Crippen MR) is 55.1 cm³/mol. The summed E-state index contributed by atoms with van der Waals surface area (Å²) in [6, 6.07) is 0.306. The number of hydrogen-bond acceptors (Lipinski definition) is 2. The molecule has 0 rings (SSSR count). The molecule has 2 nitrogen and oxygen atoms in total. The highest BCUT2D eigenvalue weighted by atomic mass is 79.9. The molecule has 0 spiro atoms. The van der Waals surface area contributed by atoms with Gasteiger partial charge in [-0.1, -0.05) is 42.6 Å². The quantitative estimate of drug-likeness (QED) is 0.435. The third-order valence-electron chi connectivity index (χ3n) is 1.85. The molecule has 0 amide bonds. The van der Waals surface area contributed by atoms with E-state index in [2.05, 4.69) is 35.1 Å². The van der Waals surface area contributed by atoms with Gasteiger partial charge in [0, 0.05) is 10.9 Å². The lowest BCUT2D eigenvalue weighted by atomic mass is 10.1. The van der Waals surface area contributed by atoms with Crippen molar-refractivity contribution >= 4 is 15.9 Å². The maximum Gasteiger partial charge on any atom is 0.176 e. The first-order chi connectivity index (χ1) is 5.76. The van der Waals surface area contributed by atoms with E-state index in [1.807, 2.05) is 6.19 Å². The molecule has 0 saturated carbocycles. The number of hydrogen-bond donors (Lipinski definition) is 1. The Morgan fingerprint density at radius 1 is 1.33 bits per heavy atom. The molecular weight excluding hydrogens is 216 g/mol. The lowest BCUT2D eigenvalue weighted by molar-refractivity contribution is 0.504. The van der Waals surface area contributed by atoms with Gasteiger partial charge >= 0.3 is 0 Å². The van der Waals surface area contributed by atoms with E-state index in [1.54, 1.807) is 0 Å². The molecular formula is C9H17BrN2. The van der Waals surface area contributed by atoms with Crippen LogP contribution in [0.5, 0.6) is 0 Å². The molecule has 70 valence electrons. The largest absolute Gasteiger partial charge is 0.320 e. The molecule has 0 aliphatic rings. The third-order valence-corrected chi connectivity index (χ3v) is 2.95. The molecule has 0 radical (unpaired) electrons. The van der Waals surface area contributed by atoms with Crippen LogP contribution in [0.4, 0.5) is 0 Å². The maximum absolute atomic E-state index is 8.50. The number of halogens is 1. The van der Waals surface area contributed by atoms with Crippen LogP contribution in [0, 0.1) is 11.5 Å². The summed E-state index contributed by atoms with van der Waals surface area (Å²) in [5.41, 5.74) is 0. The van der Waals surface area contributed by atoms with Gasteiger partial charge in [0.2, 0.25) is 0 Å². The van der Waals surface area contributed by atoms with Gasteiger partial charge in [-0.2, -0.15) is 5.26 Å². The molecule has 0 aliphatic carbocycles. The summed E-state index contributed by atoms with van der Waals surface area (Å²) in [5, 5.41) is 11.3. The van der Waals surface area contributed by atoms with Gasteiger partial charge in [0.15, 0.2) is 6.19 Å². The minimum absolute atomic E-state index is 0.306. The van der Waals surface area contributed by atoms with E-state index in [0.717, 1.165) is 25.7 Å². The summed E-state index contributed by atoms with van der Waals surface area (Å²) in [6.45, 7) is 4.29. The number of alkyl halides is 1. The van der Waals surface area contributed by atoms with E-state index in [9.17, 15) is 0 Å². The molecule has 12 heavy (non-hydrogen) atoms. The summed E-state index contributed by atoms with van der Waals surface area (Å²) >= 11 is 3.59. The maximum atomic E-state index is 8.50. The van der Waals surface area contributed by atoms with Gasteiger partial charge in [0.05, 0.1) is 0 Å². The minimum atomic E-state index is 0.306. The lowest BCUT2D eigenvalue weighted by Crippen LogP contribution is -2.33. The van der Waals surface area contributed by atoms with E-state index in [4.69, 9.17) is 5.26 Å². The van der Waals surface area contributed by atoms with E-state index in [0.29, 0.717) is 10.9 Å². The van der Waals surface area contributed by atoms with Crippen LogP contribution in [0.2, 0.25) is 0 Å². The Kier molecular flexibility index (Phi) is 7.28. The van der Waals surface area contributed by atoms with Crippen molar-refractivity contribution in [1.82, 2.24) is 5.32 Å². The van der Waals surface area contributed by atoms with E-state index < -0.39 is 0 Å².